The molecule has 1 atom stereocenters. The molecule has 0 radical (unpaired) electrons. The number of likely N-dealkylation sites (N-methyl/N-ethyl adjacent to an activating group) is 1. The minimum atomic E-state index is -3.92. The van der Waals surface area contributed by atoms with Crippen molar-refractivity contribution in [3.8, 4) is 0 Å². The van der Waals surface area contributed by atoms with E-state index in [0.717, 1.165) is 18.7 Å². The molecular formula is C19H24ClN3O3S. The van der Waals surface area contributed by atoms with E-state index >= 15 is 0 Å². The van der Waals surface area contributed by atoms with Crippen LogP contribution in [0.3, 0.4) is 0 Å². The summed E-state index contributed by atoms with van der Waals surface area (Å²) in [5, 5.41) is 8.17. The number of hydrogen-bond acceptors (Lipinski definition) is 4. The van der Waals surface area contributed by atoms with Crippen molar-refractivity contribution in [3.63, 3.8) is 0 Å². The van der Waals surface area contributed by atoms with Gasteiger partial charge in [-0.15, -0.1) is 0 Å². The average Bonchev–Trinajstić information content (AvgIpc) is 2.65. The summed E-state index contributed by atoms with van der Waals surface area (Å²) in [7, 11) is -3.92. The molecule has 0 saturated carbocycles. The number of hydrogen-bond donors (Lipinski definition) is 2. The Morgan fingerprint density at radius 2 is 1.78 bits per heavy atom. The molecule has 0 aliphatic rings. The first kappa shape index (κ1) is 21.4. The molecule has 0 fully saturated rings. The normalized spacial score (nSPS) is 12.8. The molecule has 2 rings (SSSR count). The zero-order valence-corrected chi connectivity index (χ0v) is 16.9. The number of halogens is 1. The zero-order chi connectivity index (χ0) is 20.0. The predicted molar refractivity (Wildman–Crippen MR) is 107 cm³/mol. The number of benzene rings is 2. The minimum Gasteiger partial charge on any atom is -0.350 e. The number of nitrogens with two attached hydrogens (primary N) is 1. The summed E-state index contributed by atoms with van der Waals surface area (Å²) in [5.41, 5.74) is 1.17. The number of carbonyl (C=O) groups excluding carboxylic acids is 1. The van der Waals surface area contributed by atoms with E-state index in [-0.39, 0.29) is 21.5 Å². The molecule has 0 aliphatic heterocycles. The fourth-order valence-electron chi connectivity index (χ4n) is 2.94. The largest absolute Gasteiger partial charge is 0.350 e. The molecule has 0 unspecified atom stereocenters. The van der Waals surface area contributed by atoms with E-state index in [1.165, 1.54) is 18.2 Å². The van der Waals surface area contributed by atoms with Crippen molar-refractivity contribution >= 4 is 27.5 Å². The van der Waals surface area contributed by atoms with Crippen molar-refractivity contribution in [2.75, 3.05) is 19.6 Å². The third-order valence-corrected chi connectivity index (χ3v) is 5.65. The smallest absolute Gasteiger partial charge is 0.252 e. The van der Waals surface area contributed by atoms with Crippen LogP contribution >= 0.6 is 11.6 Å². The maximum absolute atomic E-state index is 12.6. The predicted octanol–water partition coefficient (Wildman–Crippen LogP) is 2.80. The van der Waals surface area contributed by atoms with Gasteiger partial charge in [-0.25, -0.2) is 13.6 Å². The number of rotatable bonds is 8. The summed E-state index contributed by atoms with van der Waals surface area (Å²) in [6.45, 7) is 6.14. The summed E-state index contributed by atoms with van der Waals surface area (Å²) < 4.78 is 23.1. The Bertz CT molecular complexity index is 884. The summed E-state index contributed by atoms with van der Waals surface area (Å²) in [4.78, 5) is 14.7. The topological polar surface area (TPSA) is 92.5 Å². The number of primary sulfonamides is 1. The first-order valence-corrected chi connectivity index (χ1v) is 10.6. The van der Waals surface area contributed by atoms with E-state index < -0.39 is 15.9 Å². The standard InChI is InChI=1S/C19H24ClN3O3S/c1-3-23(4-2)18(14-8-6-5-7-9-14)13-22-19(24)16-12-15(27(21,25)26)10-11-17(16)20/h5-12,18H,3-4,13H2,1-2H3,(H,22,24)(H2,21,25,26)/t18-/m0/s1. The van der Waals surface area contributed by atoms with Gasteiger partial charge in [0, 0.05) is 6.54 Å². The molecule has 8 heteroatoms. The van der Waals surface area contributed by atoms with Gasteiger partial charge >= 0.3 is 0 Å². The van der Waals surface area contributed by atoms with Crippen LogP contribution in [-0.2, 0) is 10.0 Å². The van der Waals surface area contributed by atoms with Crippen LogP contribution in [0.25, 0.3) is 0 Å². The lowest BCUT2D eigenvalue weighted by molar-refractivity contribution is 0.0935. The van der Waals surface area contributed by atoms with Gasteiger partial charge in [-0.1, -0.05) is 55.8 Å². The van der Waals surface area contributed by atoms with Crippen molar-refractivity contribution in [1.29, 1.82) is 0 Å². The second-order valence-corrected chi connectivity index (χ2v) is 8.01. The lowest BCUT2D eigenvalue weighted by Crippen LogP contribution is -2.38. The highest BCUT2D eigenvalue weighted by Crippen LogP contribution is 2.22. The fraction of sp³-hybridized carbons (Fsp3) is 0.316. The molecule has 0 heterocycles. The average molecular weight is 410 g/mol. The lowest BCUT2D eigenvalue weighted by Gasteiger charge is -2.30. The van der Waals surface area contributed by atoms with Crippen molar-refractivity contribution in [2.45, 2.75) is 24.8 Å². The first-order chi connectivity index (χ1) is 12.8. The number of amides is 1. The van der Waals surface area contributed by atoms with E-state index in [4.69, 9.17) is 16.7 Å². The van der Waals surface area contributed by atoms with E-state index in [1.54, 1.807) is 0 Å². The number of nitrogens with zero attached hydrogens (tertiary/aromatic N) is 1. The molecule has 0 aliphatic carbocycles. The van der Waals surface area contributed by atoms with Gasteiger partial charge < -0.3 is 5.32 Å². The SMILES string of the molecule is CCN(CC)[C@@H](CNC(=O)c1cc(S(N)(=O)=O)ccc1Cl)c1ccccc1. The number of carbonyl (C=O) groups is 1. The monoisotopic (exact) mass is 409 g/mol. The molecule has 1 amide bonds. The summed E-state index contributed by atoms with van der Waals surface area (Å²) in [6.07, 6.45) is 0. The van der Waals surface area contributed by atoms with E-state index in [2.05, 4.69) is 24.1 Å². The Balaban J connectivity index is 2.23. The maximum atomic E-state index is 12.6. The highest BCUT2D eigenvalue weighted by Gasteiger charge is 2.21. The van der Waals surface area contributed by atoms with Gasteiger partial charge in [0.25, 0.3) is 5.91 Å². The van der Waals surface area contributed by atoms with Crippen molar-refractivity contribution in [2.24, 2.45) is 5.14 Å². The lowest BCUT2D eigenvalue weighted by atomic mass is 10.0. The van der Waals surface area contributed by atoms with Gasteiger partial charge in [0.2, 0.25) is 10.0 Å². The zero-order valence-electron chi connectivity index (χ0n) is 15.4. The van der Waals surface area contributed by atoms with Gasteiger partial charge in [0.1, 0.15) is 0 Å². The number of sulfonamides is 1. The summed E-state index contributed by atoms with van der Waals surface area (Å²) >= 11 is 6.08. The molecule has 2 aromatic carbocycles. The van der Waals surface area contributed by atoms with Gasteiger partial charge in [-0.2, -0.15) is 0 Å². The van der Waals surface area contributed by atoms with Gasteiger partial charge in [-0.3, -0.25) is 9.69 Å². The van der Waals surface area contributed by atoms with Crippen molar-refractivity contribution < 1.29 is 13.2 Å². The first-order valence-electron chi connectivity index (χ1n) is 8.67. The van der Waals surface area contributed by atoms with E-state index in [9.17, 15) is 13.2 Å². The molecular weight excluding hydrogens is 386 g/mol. The Hall–Kier alpha value is -1.93. The maximum Gasteiger partial charge on any atom is 0.252 e. The third kappa shape index (κ3) is 5.52. The molecule has 0 saturated heterocycles. The summed E-state index contributed by atoms with van der Waals surface area (Å²) in [6, 6.07) is 13.7. The highest BCUT2D eigenvalue weighted by molar-refractivity contribution is 7.89. The van der Waals surface area contributed by atoms with Crippen molar-refractivity contribution in [1.82, 2.24) is 10.2 Å². The Labute approximate surface area is 165 Å². The molecule has 0 aromatic heterocycles. The van der Waals surface area contributed by atoms with Crippen LogP contribution in [-0.4, -0.2) is 38.9 Å². The van der Waals surface area contributed by atoms with Gasteiger partial charge in [0.05, 0.1) is 21.5 Å². The van der Waals surface area contributed by atoms with Crippen LogP contribution in [0.2, 0.25) is 5.02 Å². The van der Waals surface area contributed by atoms with E-state index in [0.29, 0.717) is 6.54 Å². The minimum absolute atomic E-state index is 0.00894. The van der Waals surface area contributed by atoms with Crippen LogP contribution in [0.15, 0.2) is 53.4 Å². The third-order valence-electron chi connectivity index (χ3n) is 4.40. The number of nitrogens with one attached hydrogen (secondary N) is 1. The molecule has 3 N–H and O–H groups in total. The van der Waals surface area contributed by atoms with Crippen LogP contribution in [0.1, 0.15) is 35.8 Å². The second-order valence-electron chi connectivity index (χ2n) is 6.04. The molecule has 0 bridgehead atoms. The Morgan fingerprint density at radius 1 is 1.15 bits per heavy atom. The molecule has 2 aromatic rings. The van der Waals surface area contributed by atoms with Crippen LogP contribution in [0.4, 0.5) is 0 Å². The van der Waals surface area contributed by atoms with Crippen molar-refractivity contribution in [3.05, 3.63) is 64.7 Å². The van der Waals surface area contributed by atoms with Gasteiger partial charge in [0.15, 0.2) is 0 Å². The van der Waals surface area contributed by atoms with Gasteiger partial charge in [-0.05, 0) is 36.9 Å². The highest BCUT2D eigenvalue weighted by atomic mass is 35.5. The van der Waals surface area contributed by atoms with Crippen LogP contribution < -0.4 is 10.5 Å². The van der Waals surface area contributed by atoms with E-state index in [1.807, 2.05) is 30.3 Å². The quantitative estimate of drug-likeness (QED) is 0.701. The summed E-state index contributed by atoms with van der Waals surface area (Å²) in [5.74, 6) is -0.446. The Morgan fingerprint density at radius 3 is 2.33 bits per heavy atom. The second kappa shape index (κ2) is 9.32. The Kier molecular flexibility index (Phi) is 7.38. The molecule has 27 heavy (non-hydrogen) atoms. The molecule has 6 nitrogen and oxygen atoms in total. The van der Waals surface area contributed by atoms with Crippen LogP contribution in [0.5, 0.6) is 0 Å². The molecule has 146 valence electrons. The van der Waals surface area contributed by atoms with Crippen LogP contribution in [0, 0.1) is 0 Å². The molecule has 0 spiro atoms. The fourth-order valence-corrected chi connectivity index (χ4v) is 3.68.